The summed E-state index contributed by atoms with van der Waals surface area (Å²) < 4.78 is 0. The molecular formula is C6H10N4OS. The number of aromatic nitrogens is 2. The van der Waals surface area contributed by atoms with E-state index in [9.17, 15) is 4.79 Å². The minimum Gasteiger partial charge on any atom is -0.338 e. The predicted molar refractivity (Wildman–Crippen MR) is 47.2 cm³/mol. The van der Waals surface area contributed by atoms with E-state index in [0.29, 0.717) is 11.7 Å². The number of hydrogen-bond donors (Lipinski definition) is 2. The zero-order valence-electron chi connectivity index (χ0n) is 6.70. The molecule has 0 saturated carbocycles. The molecule has 0 spiro atoms. The molecule has 1 rings (SSSR count). The van der Waals surface area contributed by atoms with Crippen molar-refractivity contribution >= 4 is 22.5 Å². The number of nitrogens with one attached hydrogen (secondary N) is 2. The molecular weight excluding hydrogens is 176 g/mol. The second kappa shape index (κ2) is 4.66. The Hall–Kier alpha value is -1.17. The first-order chi connectivity index (χ1) is 5.83. The van der Waals surface area contributed by atoms with E-state index in [2.05, 4.69) is 20.8 Å². The highest BCUT2D eigenvalue weighted by molar-refractivity contribution is 7.13. The lowest BCUT2D eigenvalue weighted by Gasteiger charge is -2.01. The Morgan fingerprint density at radius 1 is 1.75 bits per heavy atom. The summed E-state index contributed by atoms with van der Waals surface area (Å²) in [4.78, 5) is 11.0. The van der Waals surface area contributed by atoms with Crippen molar-refractivity contribution in [2.75, 3.05) is 11.9 Å². The number of anilines is 1. The molecule has 2 N–H and O–H groups in total. The Morgan fingerprint density at radius 2 is 2.58 bits per heavy atom. The van der Waals surface area contributed by atoms with Gasteiger partial charge in [-0.05, 0) is 6.42 Å². The SMILES string of the molecule is CCCNC(=O)Nc1nncs1. The topological polar surface area (TPSA) is 66.9 Å². The summed E-state index contributed by atoms with van der Waals surface area (Å²) in [6.07, 6.45) is 0.920. The zero-order valence-corrected chi connectivity index (χ0v) is 7.52. The lowest BCUT2D eigenvalue weighted by Crippen LogP contribution is -2.29. The summed E-state index contributed by atoms with van der Waals surface area (Å²) >= 11 is 1.29. The molecule has 1 heterocycles. The van der Waals surface area contributed by atoms with Gasteiger partial charge in [0.05, 0.1) is 0 Å². The third-order valence-electron chi connectivity index (χ3n) is 1.12. The number of amides is 2. The van der Waals surface area contributed by atoms with Gasteiger partial charge in [0.2, 0.25) is 5.13 Å². The summed E-state index contributed by atoms with van der Waals surface area (Å²) in [5.74, 6) is 0. The highest BCUT2D eigenvalue weighted by atomic mass is 32.1. The van der Waals surface area contributed by atoms with Crippen LogP contribution in [0.25, 0.3) is 0 Å². The summed E-state index contributed by atoms with van der Waals surface area (Å²) in [6, 6.07) is -0.228. The van der Waals surface area contributed by atoms with Gasteiger partial charge in [0, 0.05) is 6.54 Å². The van der Waals surface area contributed by atoms with Crippen molar-refractivity contribution in [3.05, 3.63) is 5.51 Å². The minimum absolute atomic E-state index is 0.228. The van der Waals surface area contributed by atoms with Gasteiger partial charge in [-0.25, -0.2) is 4.79 Å². The van der Waals surface area contributed by atoms with Crippen LogP contribution in [0.4, 0.5) is 9.93 Å². The van der Waals surface area contributed by atoms with Crippen LogP contribution in [-0.2, 0) is 0 Å². The third kappa shape index (κ3) is 2.83. The zero-order chi connectivity index (χ0) is 8.81. The van der Waals surface area contributed by atoms with Crippen LogP contribution < -0.4 is 10.6 Å². The van der Waals surface area contributed by atoms with Gasteiger partial charge in [-0.1, -0.05) is 18.3 Å². The van der Waals surface area contributed by atoms with Crippen molar-refractivity contribution in [2.24, 2.45) is 0 Å². The van der Waals surface area contributed by atoms with Crippen LogP contribution in [0.2, 0.25) is 0 Å². The van der Waals surface area contributed by atoms with Gasteiger partial charge in [0.1, 0.15) is 5.51 Å². The molecule has 0 bridgehead atoms. The molecule has 0 aliphatic carbocycles. The maximum Gasteiger partial charge on any atom is 0.321 e. The van der Waals surface area contributed by atoms with Gasteiger partial charge in [0.15, 0.2) is 0 Å². The maximum absolute atomic E-state index is 11.0. The smallest absolute Gasteiger partial charge is 0.321 e. The molecule has 1 aromatic rings. The molecule has 0 radical (unpaired) electrons. The molecule has 0 unspecified atom stereocenters. The van der Waals surface area contributed by atoms with Gasteiger partial charge in [0.25, 0.3) is 0 Å². The van der Waals surface area contributed by atoms with Gasteiger partial charge < -0.3 is 5.32 Å². The number of carbonyl (C=O) groups excluding carboxylic acids is 1. The van der Waals surface area contributed by atoms with E-state index in [0.717, 1.165) is 6.42 Å². The van der Waals surface area contributed by atoms with E-state index in [1.807, 2.05) is 6.92 Å². The molecule has 2 amide bonds. The van der Waals surface area contributed by atoms with E-state index in [1.54, 1.807) is 5.51 Å². The van der Waals surface area contributed by atoms with Crippen LogP contribution in [0.3, 0.4) is 0 Å². The normalized spacial score (nSPS) is 9.42. The van der Waals surface area contributed by atoms with Crippen molar-refractivity contribution in [1.82, 2.24) is 15.5 Å². The second-order valence-electron chi connectivity index (χ2n) is 2.12. The fourth-order valence-corrected chi connectivity index (χ4v) is 1.05. The Morgan fingerprint density at radius 3 is 3.17 bits per heavy atom. The van der Waals surface area contributed by atoms with E-state index in [1.165, 1.54) is 11.3 Å². The first kappa shape index (κ1) is 8.92. The number of rotatable bonds is 3. The van der Waals surface area contributed by atoms with Crippen LogP contribution in [0.1, 0.15) is 13.3 Å². The van der Waals surface area contributed by atoms with Crippen LogP contribution in [0, 0.1) is 0 Å². The summed E-state index contributed by atoms with van der Waals surface area (Å²) in [5.41, 5.74) is 1.56. The number of nitrogens with zero attached hydrogens (tertiary/aromatic N) is 2. The van der Waals surface area contributed by atoms with Crippen LogP contribution in [0.5, 0.6) is 0 Å². The molecule has 0 aliphatic heterocycles. The maximum atomic E-state index is 11.0. The van der Waals surface area contributed by atoms with Gasteiger partial charge >= 0.3 is 6.03 Å². The fourth-order valence-electron chi connectivity index (χ4n) is 0.607. The Kier molecular flexibility index (Phi) is 3.46. The fraction of sp³-hybridized carbons (Fsp3) is 0.500. The monoisotopic (exact) mass is 186 g/mol. The minimum atomic E-state index is -0.228. The molecule has 0 atom stereocenters. The van der Waals surface area contributed by atoms with Crippen LogP contribution in [-0.4, -0.2) is 22.8 Å². The summed E-state index contributed by atoms with van der Waals surface area (Å²) in [5, 5.41) is 13.0. The van der Waals surface area contributed by atoms with E-state index in [4.69, 9.17) is 0 Å². The third-order valence-corrected chi connectivity index (χ3v) is 1.72. The molecule has 12 heavy (non-hydrogen) atoms. The second-order valence-corrected chi connectivity index (χ2v) is 2.96. The van der Waals surface area contributed by atoms with Gasteiger partial charge in [-0.2, -0.15) is 0 Å². The average Bonchev–Trinajstić information content (AvgIpc) is 2.53. The standard InChI is InChI=1S/C6H10N4OS/c1-2-3-7-5(11)9-6-10-8-4-12-6/h4H,2-3H2,1H3,(H2,7,9,10,11). The Labute approximate surface area is 74.2 Å². The van der Waals surface area contributed by atoms with Gasteiger partial charge in [-0.3, -0.25) is 5.32 Å². The quantitative estimate of drug-likeness (QED) is 0.742. The first-order valence-electron chi connectivity index (χ1n) is 3.64. The molecule has 0 aliphatic rings. The van der Waals surface area contributed by atoms with E-state index < -0.39 is 0 Å². The Bertz CT molecular complexity index is 236. The molecule has 1 aromatic heterocycles. The van der Waals surface area contributed by atoms with Crippen LogP contribution >= 0.6 is 11.3 Å². The van der Waals surface area contributed by atoms with Crippen molar-refractivity contribution < 1.29 is 4.79 Å². The average molecular weight is 186 g/mol. The first-order valence-corrected chi connectivity index (χ1v) is 4.52. The number of hydrogen-bond acceptors (Lipinski definition) is 4. The molecule has 0 saturated heterocycles. The lowest BCUT2D eigenvalue weighted by atomic mass is 10.5. The van der Waals surface area contributed by atoms with Crippen molar-refractivity contribution in [3.63, 3.8) is 0 Å². The summed E-state index contributed by atoms with van der Waals surface area (Å²) in [7, 11) is 0. The molecule has 0 aromatic carbocycles. The Balaban J connectivity index is 2.27. The van der Waals surface area contributed by atoms with E-state index in [-0.39, 0.29) is 6.03 Å². The van der Waals surface area contributed by atoms with Gasteiger partial charge in [-0.15, -0.1) is 10.2 Å². The van der Waals surface area contributed by atoms with Crippen molar-refractivity contribution in [1.29, 1.82) is 0 Å². The predicted octanol–water partition coefficient (Wildman–Crippen LogP) is 1.07. The number of urea groups is 1. The van der Waals surface area contributed by atoms with E-state index >= 15 is 0 Å². The number of carbonyl (C=O) groups is 1. The molecule has 5 nitrogen and oxygen atoms in total. The molecule has 66 valence electrons. The lowest BCUT2D eigenvalue weighted by molar-refractivity contribution is 0.252. The highest BCUT2D eigenvalue weighted by Gasteiger charge is 2.01. The summed E-state index contributed by atoms with van der Waals surface area (Å²) in [6.45, 7) is 2.66. The largest absolute Gasteiger partial charge is 0.338 e. The molecule has 0 fully saturated rings. The van der Waals surface area contributed by atoms with Crippen molar-refractivity contribution in [2.45, 2.75) is 13.3 Å². The van der Waals surface area contributed by atoms with Crippen LogP contribution in [0.15, 0.2) is 5.51 Å². The highest BCUT2D eigenvalue weighted by Crippen LogP contribution is 2.06. The molecule has 6 heteroatoms. The van der Waals surface area contributed by atoms with Crippen molar-refractivity contribution in [3.8, 4) is 0 Å².